The van der Waals surface area contributed by atoms with E-state index in [4.69, 9.17) is 17.3 Å². The molecule has 1 aromatic carbocycles. The van der Waals surface area contributed by atoms with Crippen LogP contribution in [-0.2, 0) is 6.42 Å². The number of aromatic nitrogens is 1. The molecule has 106 valence electrons. The molecule has 20 heavy (non-hydrogen) atoms. The number of hydrogen-bond donors (Lipinski definition) is 1. The van der Waals surface area contributed by atoms with Gasteiger partial charge in [0.1, 0.15) is 5.03 Å². The Bertz CT molecular complexity index is 575. The zero-order chi connectivity index (χ0) is 14.5. The first-order valence-electron chi connectivity index (χ1n) is 6.42. The molecule has 2 aromatic rings. The predicted octanol–water partition coefficient (Wildman–Crippen LogP) is 4.93. The Morgan fingerprint density at radius 1 is 1.35 bits per heavy atom. The lowest BCUT2D eigenvalue weighted by Gasteiger charge is -2.13. The third kappa shape index (κ3) is 4.48. The summed E-state index contributed by atoms with van der Waals surface area (Å²) in [5.41, 5.74) is 7.28. The zero-order valence-corrected chi connectivity index (χ0v) is 14.3. The minimum Gasteiger partial charge on any atom is -0.327 e. The van der Waals surface area contributed by atoms with Gasteiger partial charge in [-0.05, 0) is 58.6 Å². The number of nitrogens with two attached hydrogens (primary N) is 1. The van der Waals surface area contributed by atoms with E-state index in [1.165, 1.54) is 5.56 Å². The van der Waals surface area contributed by atoms with E-state index >= 15 is 0 Å². The van der Waals surface area contributed by atoms with Crippen molar-refractivity contribution in [3.63, 3.8) is 0 Å². The van der Waals surface area contributed by atoms with Crippen LogP contribution in [0.15, 0.2) is 50.9 Å². The van der Waals surface area contributed by atoms with Gasteiger partial charge in [-0.15, -0.1) is 0 Å². The van der Waals surface area contributed by atoms with E-state index in [0.717, 1.165) is 32.3 Å². The molecular weight excluding hydrogens is 356 g/mol. The fourth-order valence-electron chi connectivity index (χ4n) is 1.75. The van der Waals surface area contributed by atoms with Crippen molar-refractivity contribution in [1.82, 2.24) is 4.98 Å². The van der Waals surface area contributed by atoms with Crippen molar-refractivity contribution < 1.29 is 0 Å². The van der Waals surface area contributed by atoms with E-state index in [2.05, 4.69) is 33.9 Å². The predicted molar refractivity (Wildman–Crippen MR) is 89.5 cm³/mol. The summed E-state index contributed by atoms with van der Waals surface area (Å²) >= 11 is 11.1. The van der Waals surface area contributed by atoms with Gasteiger partial charge in [0, 0.05) is 26.6 Å². The Balaban J connectivity index is 2.24. The molecule has 0 spiro atoms. The molecule has 2 rings (SSSR count). The highest BCUT2D eigenvalue weighted by molar-refractivity contribution is 9.10. The molecule has 0 aliphatic carbocycles. The van der Waals surface area contributed by atoms with Crippen LogP contribution in [0.2, 0.25) is 5.02 Å². The first-order chi connectivity index (χ1) is 9.58. The lowest BCUT2D eigenvalue weighted by atomic mass is 10.1. The summed E-state index contributed by atoms with van der Waals surface area (Å²) in [7, 11) is 0. The standard InChI is InChI=1S/C15H16BrClN2S/c1-2-13(18)7-10-3-5-12(17)8-14(10)20-15-6-4-11(16)9-19-15/h3-6,8-9,13H,2,7,18H2,1H3. The van der Waals surface area contributed by atoms with Crippen molar-refractivity contribution in [3.05, 3.63) is 51.6 Å². The molecule has 0 amide bonds. The summed E-state index contributed by atoms with van der Waals surface area (Å²) in [6, 6.07) is 10.1. The summed E-state index contributed by atoms with van der Waals surface area (Å²) in [5.74, 6) is 0. The van der Waals surface area contributed by atoms with Crippen LogP contribution in [-0.4, -0.2) is 11.0 Å². The number of pyridine rings is 1. The molecule has 0 saturated heterocycles. The molecule has 5 heteroatoms. The fraction of sp³-hybridized carbons (Fsp3) is 0.267. The van der Waals surface area contributed by atoms with Crippen LogP contribution < -0.4 is 5.73 Å². The van der Waals surface area contributed by atoms with Gasteiger partial charge in [-0.2, -0.15) is 0 Å². The number of halogens is 2. The zero-order valence-electron chi connectivity index (χ0n) is 11.1. The van der Waals surface area contributed by atoms with Crippen LogP contribution in [0.25, 0.3) is 0 Å². The maximum Gasteiger partial charge on any atom is 0.101 e. The molecular formula is C15H16BrClN2S. The summed E-state index contributed by atoms with van der Waals surface area (Å²) in [6.45, 7) is 2.10. The monoisotopic (exact) mass is 370 g/mol. The Labute approximate surface area is 137 Å². The molecule has 1 unspecified atom stereocenters. The van der Waals surface area contributed by atoms with Crippen molar-refractivity contribution in [2.75, 3.05) is 0 Å². The van der Waals surface area contributed by atoms with Crippen LogP contribution in [0.1, 0.15) is 18.9 Å². The van der Waals surface area contributed by atoms with Gasteiger partial charge in [-0.1, -0.05) is 36.4 Å². The number of hydrogen-bond acceptors (Lipinski definition) is 3. The molecule has 0 aliphatic rings. The minimum atomic E-state index is 0.174. The maximum atomic E-state index is 6.11. The smallest absolute Gasteiger partial charge is 0.101 e. The topological polar surface area (TPSA) is 38.9 Å². The van der Waals surface area contributed by atoms with E-state index in [0.29, 0.717) is 0 Å². The Morgan fingerprint density at radius 3 is 2.80 bits per heavy atom. The van der Waals surface area contributed by atoms with Crippen LogP contribution in [0.5, 0.6) is 0 Å². The van der Waals surface area contributed by atoms with Crippen molar-refractivity contribution in [3.8, 4) is 0 Å². The molecule has 0 bridgehead atoms. The fourth-order valence-corrected chi connectivity index (χ4v) is 3.16. The number of nitrogens with zero attached hydrogens (tertiary/aromatic N) is 1. The molecule has 0 saturated carbocycles. The Morgan fingerprint density at radius 2 is 2.15 bits per heavy atom. The molecule has 0 radical (unpaired) electrons. The van der Waals surface area contributed by atoms with E-state index < -0.39 is 0 Å². The van der Waals surface area contributed by atoms with Gasteiger partial charge in [0.15, 0.2) is 0 Å². The first-order valence-corrected chi connectivity index (χ1v) is 8.40. The Hall–Kier alpha value is -0.550. The minimum absolute atomic E-state index is 0.174. The van der Waals surface area contributed by atoms with E-state index in [1.54, 1.807) is 18.0 Å². The maximum absolute atomic E-state index is 6.11. The average molecular weight is 372 g/mol. The molecule has 2 N–H and O–H groups in total. The number of rotatable bonds is 5. The van der Waals surface area contributed by atoms with Gasteiger partial charge in [-0.25, -0.2) is 4.98 Å². The summed E-state index contributed by atoms with van der Waals surface area (Å²) < 4.78 is 0.973. The third-order valence-electron chi connectivity index (χ3n) is 2.95. The van der Waals surface area contributed by atoms with E-state index in [-0.39, 0.29) is 6.04 Å². The van der Waals surface area contributed by atoms with Crippen LogP contribution >= 0.6 is 39.3 Å². The molecule has 0 aliphatic heterocycles. The van der Waals surface area contributed by atoms with Crippen molar-refractivity contribution in [2.24, 2.45) is 5.73 Å². The number of benzene rings is 1. The van der Waals surface area contributed by atoms with Crippen LogP contribution in [0.3, 0.4) is 0 Å². The second-order valence-electron chi connectivity index (χ2n) is 4.54. The van der Waals surface area contributed by atoms with Gasteiger partial charge in [-0.3, -0.25) is 0 Å². The average Bonchev–Trinajstić information content (AvgIpc) is 2.44. The molecule has 2 nitrogen and oxygen atoms in total. The SMILES string of the molecule is CCC(N)Cc1ccc(Cl)cc1Sc1ccc(Br)cn1. The van der Waals surface area contributed by atoms with Crippen LogP contribution in [0, 0.1) is 0 Å². The van der Waals surface area contributed by atoms with Crippen LogP contribution in [0.4, 0.5) is 0 Å². The molecule has 1 atom stereocenters. The quantitative estimate of drug-likeness (QED) is 0.810. The van der Waals surface area contributed by atoms with Crippen molar-refractivity contribution in [1.29, 1.82) is 0 Å². The lowest BCUT2D eigenvalue weighted by Crippen LogP contribution is -2.21. The van der Waals surface area contributed by atoms with E-state index in [1.807, 2.05) is 24.3 Å². The molecule has 1 aromatic heterocycles. The lowest BCUT2D eigenvalue weighted by molar-refractivity contribution is 0.641. The van der Waals surface area contributed by atoms with Crippen molar-refractivity contribution in [2.45, 2.75) is 35.7 Å². The van der Waals surface area contributed by atoms with Crippen molar-refractivity contribution >= 4 is 39.3 Å². The van der Waals surface area contributed by atoms with E-state index in [9.17, 15) is 0 Å². The second kappa shape index (κ2) is 7.46. The van der Waals surface area contributed by atoms with Gasteiger partial charge >= 0.3 is 0 Å². The van der Waals surface area contributed by atoms with Gasteiger partial charge in [0.05, 0.1) is 0 Å². The largest absolute Gasteiger partial charge is 0.327 e. The highest BCUT2D eigenvalue weighted by atomic mass is 79.9. The summed E-state index contributed by atoms with van der Waals surface area (Å²) in [6.07, 6.45) is 3.61. The first kappa shape index (κ1) is 15.8. The van der Waals surface area contributed by atoms with Gasteiger partial charge in [0.2, 0.25) is 0 Å². The molecule has 0 fully saturated rings. The summed E-state index contributed by atoms with van der Waals surface area (Å²) in [5, 5.41) is 1.68. The highest BCUT2D eigenvalue weighted by Crippen LogP contribution is 2.32. The third-order valence-corrected chi connectivity index (χ3v) is 4.71. The van der Waals surface area contributed by atoms with Gasteiger partial charge < -0.3 is 5.73 Å². The molecule has 1 heterocycles. The summed E-state index contributed by atoms with van der Waals surface area (Å²) in [4.78, 5) is 5.51. The Kier molecular flexibility index (Phi) is 5.90. The highest BCUT2D eigenvalue weighted by Gasteiger charge is 2.09. The normalized spacial score (nSPS) is 12.4. The second-order valence-corrected chi connectivity index (χ2v) is 6.96. The van der Waals surface area contributed by atoms with Gasteiger partial charge in [0.25, 0.3) is 0 Å².